The second-order valence-corrected chi connectivity index (χ2v) is 3.98. The van der Waals surface area contributed by atoms with Crippen molar-refractivity contribution >= 4 is 34.8 Å². The largest absolute Gasteiger partial charge is 0.468 e. The van der Waals surface area contributed by atoms with Crippen LogP contribution in [-0.2, 0) is 9.53 Å². The van der Waals surface area contributed by atoms with Crippen LogP contribution in [0.5, 0.6) is 0 Å². The number of carbonyl (C=O) groups excluding carboxylic acids is 2. The highest BCUT2D eigenvalue weighted by Gasteiger charge is 2.17. The minimum atomic E-state index is -0.869. The summed E-state index contributed by atoms with van der Waals surface area (Å²) in [5.41, 5.74) is 1.55. The van der Waals surface area contributed by atoms with Gasteiger partial charge in [0.1, 0.15) is 10.3 Å². The average Bonchev–Trinajstić information content (AvgIpc) is 2.77. The number of halogens is 1. The van der Waals surface area contributed by atoms with Gasteiger partial charge in [0.2, 0.25) is 0 Å². The average molecular weight is 249 g/mol. The van der Waals surface area contributed by atoms with Gasteiger partial charge in [-0.2, -0.15) is 0 Å². The Morgan fingerprint density at radius 2 is 2.47 bits per heavy atom. The Hall–Kier alpha value is -1.14. The minimum Gasteiger partial charge on any atom is -0.468 e. The molecule has 15 heavy (non-hydrogen) atoms. The van der Waals surface area contributed by atoms with E-state index in [1.165, 1.54) is 24.6 Å². The molecule has 1 atom stereocenters. The van der Waals surface area contributed by atoms with Crippen LogP contribution in [0.25, 0.3) is 0 Å². The first-order valence-electron chi connectivity index (χ1n) is 4.03. The van der Waals surface area contributed by atoms with Gasteiger partial charge in [-0.3, -0.25) is 14.6 Å². The smallest absolute Gasteiger partial charge is 0.325 e. The number of thiazole rings is 1. The first-order chi connectivity index (χ1) is 7.15. The van der Waals surface area contributed by atoms with Crippen molar-refractivity contribution in [1.29, 1.82) is 0 Å². The van der Waals surface area contributed by atoms with Gasteiger partial charge in [-0.25, -0.2) is 0 Å². The molecule has 0 bridgehead atoms. The third-order valence-corrected chi connectivity index (χ3v) is 2.66. The van der Waals surface area contributed by atoms with Crippen LogP contribution in [0.4, 0.5) is 0 Å². The normalized spacial score (nSPS) is 11.9. The SMILES string of the molecule is COC(=O)C(Cl)CNC(=O)c1cncs1. The number of rotatable bonds is 4. The van der Waals surface area contributed by atoms with Crippen LogP contribution >= 0.6 is 22.9 Å². The Morgan fingerprint density at radius 3 is 3.00 bits per heavy atom. The minimum absolute atomic E-state index is 0.0327. The molecule has 0 aliphatic carbocycles. The molecule has 0 aliphatic rings. The zero-order valence-electron chi connectivity index (χ0n) is 7.90. The van der Waals surface area contributed by atoms with Gasteiger partial charge in [0.25, 0.3) is 5.91 Å². The third kappa shape index (κ3) is 3.49. The predicted octanol–water partition coefficient (Wildman–Crippen LogP) is 0.653. The molecule has 5 nitrogen and oxygen atoms in total. The number of alkyl halides is 1. The van der Waals surface area contributed by atoms with Crippen LogP contribution in [0.2, 0.25) is 0 Å². The van der Waals surface area contributed by atoms with Crippen LogP contribution in [0.15, 0.2) is 11.7 Å². The summed E-state index contributed by atoms with van der Waals surface area (Å²) in [6.45, 7) is 0.0327. The summed E-state index contributed by atoms with van der Waals surface area (Å²) in [5, 5.41) is 1.63. The van der Waals surface area contributed by atoms with E-state index >= 15 is 0 Å². The van der Waals surface area contributed by atoms with Crippen LogP contribution in [0, 0.1) is 0 Å². The van der Waals surface area contributed by atoms with Gasteiger partial charge in [0.05, 0.1) is 18.8 Å². The highest BCUT2D eigenvalue weighted by Crippen LogP contribution is 2.05. The monoisotopic (exact) mass is 248 g/mol. The molecule has 1 N–H and O–H groups in total. The summed E-state index contributed by atoms with van der Waals surface area (Å²) in [4.78, 5) is 26.5. The number of esters is 1. The Balaban J connectivity index is 2.38. The van der Waals surface area contributed by atoms with E-state index in [2.05, 4.69) is 15.0 Å². The summed E-state index contributed by atoms with van der Waals surface area (Å²) in [5.74, 6) is -0.867. The quantitative estimate of drug-likeness (QED) is 0.628. The summed E-state index contributed by atoms with van der Waals surface area (Å²) < 4.78 is 4.40. The maximum absolute atomic E-state index is 11.4. The maximum Gasteiger partial charge on any atom is 0.325 e. The second-order valence-electron chi connectivity index (χ2n) is 2.57. The van der Waals surface area contributed by atoms with E-state index in [0.717, 1.165) is 0 Å². The molecule has 1 aromatic rings. The zero-order chi connectivity index (χ0) is 11.3. The molecule has 0 spiro atoms. The van der Waals surface area contributed by atoms with Gasteiger partial charge in [-0.15, -0.1) is 22.9 Å². The Bertz CT molecular complexity index is 342. The van der Waals surface area contributed by atoms with Crippen molar-refractivity contribution in [1.82, 2.24) is 10.3 Å². The van der Waals surface area contributed by atoms with Gasteiger partial charge in [0.15, 0.2) is 0 Å². The predicted molar refractivity (Wildman–Crippen MR) is 56.1 cm³/mol. The number of aromatic nitrogens is 1. The lowest BCUT2D eigenvalue weighted by atomic mass is 10.4. The van der Waals surface area contributed by atoms with E-state index in [4.69, 9.17) is 11.6 Å². The summed E-state index contributed by atoms with van der Waals surface area (Å²) >= 11 is 6.85. The summed E-state index contributed by atoms with van der Waals surface area (Å²) in [7, 11) is 1.24. The van der Waals surface area contributed by atoms with E-state index in [0.29, 0.717) is 4.88 Å². The Kier molecular flexibility index (Phi) is 4.51. The highest BCUT2D eigenvalue weighted by atomic mass is 35.5. The van der Waals surface area contributed by atoms with Gasteiger partial charge in [-0.05, 0) is 0 Å². The van der Waals surface area contributed by atoms with Crippen molar-refractivity contribution in [2.45, 2.75) is 5.38 Å². The van der Waals surface area contributed by atoms with E-state index in [9.17, 15) is 9.59 Å². The second kappa shape index (κ2) is 5.67. The van der Waals surface area contributed by atoms with Crippen molar-refractivity contribution in [3.05, 3.63) is 16.6 Å². The fourth-order valence-corrected chi connectivity index (χ4v) is 1.51. The molecule has 0 fully saturated rings. The number of ether oxygens (including phenoxy) is 1. The van der Waals surface area contributed by atoms with Gasteiger partial charge < -0.3 is 10.1 Å². The Morgan fingerprint density at radius 1 is 1.73 bits per heavy atom. The standard InChI is InChI=1S/C8H9ClN2O3S/c1-14-8(13)5(9)2-11-7(12)6-3-10-4-15-6/h3-5H,2H2,1H3,(H,11,12). The molecule has 0 radical (unpaired) electrons. The van der Waals surface area contributed by atoms with Crippen molar-refractivity contribution in [2.75, 3.05) is 13.7 Å². The van der Waals surface area contributed by atoms with E-state index in [1.54, 1.807) is 5.51 Å². The summed E-state index contributed by atoms with van der Waals surface area (Å²) in [6.07, 6.45) is 1.45. The third-order valence-electron chi connectivity index (χ3n) is 1.55. The fourth-order valence-electron chi connectivity index (χ4n) is 0.809. The topological polar surface area (TPSA) is 68.3 Å². The van der Waals surface area contributed by atoms with Gasteiger partial charge >= 0.3 is 5.97 Å². The molecule has 7 heteroatoms. The molecule has 0 saturated carbocycles. The molecular formula is C8H9ClN2O3S. The highest BCUT2D eigenvalue weighted by molar-refractivity contribution is 7.11. The molecule has 1 amide bonds. The number of hydrogen-bond donors (Lipinski definition) is 1. The zero-order valence-corrected chi connectivity index (χ0v) is 9.47. The molecule has 0 aliphatic heterocycles. The van der Waals surface area contributed by atoms with Crippen LogP contribution in [0.3, 0.4) is 0 Å². The molecular weight excluding hydrogens is 240 g/mol. The number of amides is 1. The van der Waals surface area contributed by atoms with Crippen LogP contribution in [-0.4, -0.2) is 35.9 Å². The lowest BCUT2D eigenvalue weighted by molar-refractivity contribution is -0.140. The molecule has 82 valence electrons. The van der Waals surface area contributed by atoms with Crippen LogP contribution < -0.4 is 5.32 Å². The molecule has 1 rings (SSSR count). The van der Waals surface area contributed by atoms with Crippen molar-refractivity contribution in [3.63, 3.8) is 0 Å². The van der Waals surface area contributed by atoms with Gasteiger partial charge in [0, 0.05) is 6.54 Å². The molecule has 1 unspecified atom stereocenters. The number of nitrogens with one attached hydrogen (secondary N) is 1. The van der Waals surface area contributed by atoms with Crippen LogP contribution in [0.1, 0.15) is 9.67 Å². The van der Waals surface area contributed by atoms with Crippen molar-refractivity contribution < 1.29 is 14.3 Å². The molecule has 0 aromatic carbocycles. The van der Waals surface area contributed by atoms with Gasteiger partial charge in [-0.1, -0.05) is 0 Å². The lowest BCUT2D eigenvalue weighted by Gasteiger charge is -2.07. The fraction of sp³-hybridized carbons (Fsp3) is 0.375. The molecule has 1 aromatic heterocycles. The summed E-state index contributed by atoms with van der Waals surface area (Å²) in [6, 6.07) is 0. The first-order valence-corrected chi connectivity index (χ1v) is 5.35. The van der Waals surface area contributed by atoms with E-state index in [-0.39, 0.29) is 12.5 Å². The van der Waals surface area contributed by atoms with Crippen molar-refractivity contribution in [3.8, 4) is 0 Å². The lowest BCUT2D eigenvalue weighted by Crippen LogP contribution is -2.33. The molecule has 0 saturated heterocycles. The molecule has 1 heterocycles. The maximum atomic E-state index is 11.4. The number of carbonyl (C=O) groups is 2. The van der Waals surface area contributed by atoms with E-state index in [1.807, 2.05) is 0 Å². The van der Waals surface area contributed by atoms with E-state index < -0.39 is 11.3 Å². The van der Waals surface area contributed by atoms with Crippen molar-refractivity contribution in [2.24, 2.45) is 0 Å². The first kappa shape index (κ1) is 11.9. The number of hydrogen-bond acceptors (Lipinski definition) is 5. The number of methoxy groups -OCH3 is 1. The number of nitrogens with zero attached hydrogens (tertiary/aromatic N) is 1. The Labute approximate surface area is 95.4 Å².